The maximum atomic E-state index is 13.1. The number of rotatable bonds is 8. The number of carbonyl (C=O) groups is 2. The lowest BCUT2D eigenvalue weighted by Gasteiger charge is -2.18. The van der Waals surface area contributed by atoms with Crippen molar-refractivity contribution in [3.8, 4) is 10.7 Å². The Bertz CT molecular complexity index is 1030. The molecule has 1 aromatic carbocycles. The Kier molecular flexibility index (Phi) is 7.56. The third-order valence-corrected chi connectivity index (χ3v) is 7.11. The number of nitrogens with one attached hydrogen (secondary N) is 2. The quantitative estimate of drug-likeness (QED) is 0.484. The predicted molar refractivity (Wildman–Crippen MR) is 125 cm³/mol. The second-order valence-electron chi connectivity index (χ2n) is 7.29. The number of benzene rings is 1. The second kappa shape index (κ2) is 10.8. The van der Waals surface area contributed by atoms with Crippen LogP contribution >= 0.6 is 23.1 Å². The average molecular weight is 472 g/mol. The molecular weight excluding hydrogens is 446 g/mol. The third-order valence-electron chi connectivity index (χ3n) is 5.01. The Labute approximate surface area is 194 Å². The average Bonchev–Trinajstić information content (AvgIpc) is 3.56. The number of carbonyl (C=O) groups excluding carboxylic acids is 2. The maximum absolute atomic E-state index is 13.1. The highest BCUT2D eigenvalue weighted by atomic mass is 32.2. The van der Waals surface area contributed by atoms with Crippen molar-refractivity contribution in [2.45, 2.75) is 42.8 Å². The van der Waals surface area contributed by atoms with Crippen LogP contribution in [0.3, 0.4) is 0 Å². The van der Waals surface area contributed by atoms with E-state index in [1.807, 2.05) is 52.4 Å². The summed E-state index contributed by atoms with van der Waals surface area (Å²) in [5.41, 5.74) is 0.781. The Balaban J connectivity index is 1.65. The molecule has 168 valence electrons. The van der Waals surface area contributed by atoms with E-state index in [-0.39, 0.29) is 6.10 Å². The van der Waals surface area contributed by atoms with Gasteiger partial charge in [0, 0.05) is 13.2 Å². The summed E-state index contributed by atoms with van der Waals surface area (Å²) in [5, 5.41) is 15.8. The van der Waals surface area contributed by atoms with E-state index in [9.17, 15) is 9.59 Å². The molecule has 2 atom stereocenters. The summed E-state index contributed by atoms with van der Waals surface area (Å²) in [6, 6.07) is 12.8. The van der Waals surface area contributed by atoms with Gasteiger partial charge in [-0.2, -0.15) is 0 Å². The molecule has 0 unspecified atom stereocenters. The van der Waals surface area contributed by atoms with E-state index in [0.29, 0.717) is 18.2 Å². The summed E-state index contributed by atoms with van der Waals surface area (Å²) >= 11 is 2.88. The van der Waals surface area contributed by atoms with Gasteiger partial charge >= 0.3 is 6.03 Å². The van der Waals surface area contributed by atoms with E-state index in [0.717, 1.165) is 35.7 Å². The lowest BCUT2D eigenvalue weighted by Crippen LogP contribution is -2.41. The first-order valence-corrected chi connectivity index (χ1v) is 12.3. The monoisotopic (exact) mass is 471 g/mol. The second-order valence-corrected chi connectivity index (χ2v) is 9.31. The Morgan fingerprint density at radius 1 is 1.25 bits per heavy atom. The number of hydrogen-bond donors (Lipinski definition) is 2. The summed E-state index contributed by atoms with van der Waals surface area (Å²) in [6.45, 7) is 3.60. The zero-order valence-electron chi connectivity index (χ0n) is 17.7. The van der Waals surface area contributed by atoms with Crippen molar-refractivity contribution in [3.05, 3.63) is 53.4 Å². The van der Waals surface area contributed by atoms with Crippen LogP contribution in [0.2, 0.25) is 0 Å². The third kappa shape index (κ3) is 5.37. The minimum atomic E-state index is -0.664. The van der Waals surface area contributed by atoms with E-state index in [2.05, 4.69) is 20.8 Å². The topological polar surface area (TPSA) is 98.1 Å². The number of hydrogen-bond acceptors (Lipinski definition) is 7. The van der Waals surface area contributed by atoms with E-state index >= 15 is 0 Å². The van der Waals surface area contributed by atoms with Gasteiger partial charge < -0.3 is 10.1 Å². The highest BCUT2D eigenvalue weighted by Gasteiger charge is 2.28. The van der Waals surface area contributed by atoms with Crippen LogP contribution < -0.4 is 10.6 Å². The fraction of sp³-hybridized carbons (Fsp3) is 0.364. The van der Waals surface area contributed by atoms with Crippen molar-refractivity contribution >= 4 is 35.0 Å². The largest absolute Gasteiger partial charge is 0.376 e. The van der Waals surface area contributed by atoms with Gasteiger partial charge in [0.15, 0.2) is 11.0 Å². The van der Waals surface area contributed by atoms with Gasteiger partial charge in [-0.3, -0.25) is 14.7 Å². The Morgan fingerprint density at radius 2 is 2.09 bits per heavy atom. The minimum absolute atomic E-state index is 0.0865. The molecule has 3 amide bonds. The van der Waals surface area contributed by atoms with Crippen LogP contribution in [0, 0.1) is 0 Å². The van der Waals surface area contributed by atoms with E-state index in [1.54, 1.807) is 18.3 Å². The zero-order chi connectivity index (χ0) is 22.3. The Morgan fingerprint density at radius 3 is 2.78 bits per heavy atom. The molecule has 10 heteroatoms. The van der Waals surface area contributed by atoms with Gasteiger partial charge in [-0.25, -0.2) is 4.79 Å². The van der Waals surface area contributed by atoms with Gasteiger partial charge in [0.05, 0.1) is 17.5 Å². The Hall–Kier alpha value is -2.69. The number of amides is 3. The van der Waals surface area contributed by atoms with Crippen LogP contribution in [0.15, 0.2) is 53.0 Å². The number of aromatic nitrogens is 3. The van der Waals surface area contributed by atoms with Crippen molar-refractivity contribution in [2.75, 3.05) is 13.2 Å². The van der Waals surface area contributed by atoms with Crippen molar-refractivity contribution in [2.24, 2.45) is 0 Å². The van der Waals surface area contributed by atoms with Crippen LogP contribution in [0.1, 0.15) is 30.6 Å². The van der Waals surface area contributed by atoms with Gasteiger partial charge in [-0.1, -0.05) is 48.2 Å². The van der Waals surface area contributed by atoms with Crippen LogP contribution in [0.25, 0.3) is 10.7 Å². The number of thiophene rings is 1. The molecule has 2 aromatic heterocycles. The smallest absolute Gasteiger partial charge is 0.321 e. The van der Waals surface area contributed by atoms with Crippen LogP contribution in [0.4, 0.5) is 4.79 Å². The molecule has 1 aliphatic rings. The van der Waals surface area contributed by atoms with Crippen molar-refractivity contribution in [1.29, 1.82) is 0 Å². The molecule has 0 radical (unpaired) electrons. The van der Waals surface area contributed by atoms with Gasteiger partial charge in [0.2, 0.25) is 5.91 Å². The zero-order valence-corrected chi connectivity index (χ0v) is 19.3. The number of ether oxygens (including phenoxy) is 1. The van der Waals surface area contributed by atoms with E-state index in [1.165, 1.54) is 11.8 Å². The molecule has 0 spiro atoms. The molecule has 1 fully saturated rings. The van der Waals surface area contributed by atoms with Gasteiger partial charge in [0.25, 0.3) is 0 Å². The first-order chi connectivity index (χ1) is 15.7. The summed E-state index contributed by atoms with van der Waals surface area (Å²) in [6.07, 6.45) is 2.10. The summed E-state index contributed by atoms with van der Waals surface area (Å²) in [7, 11) is 0. The molecule has 0 bridgehead atoms. The summed E-state index contributed by atoms with van der Waals surface area (Å²) in [5.74, 6) is 0.352. The first kappa shape index (κ1) is 22.5. The van der Waals surface area contributed by atoms with Gasteiger partial charge in [0.1, 0.15) is 5.25 Å². The van der Waals surface area contributed by atoms with Gasteiger partial charge in [-0.15, -0.1) is 21.5 Å². The van der Waals surface area contributed by atoms with Crippen LogP contribution in [-0.4, -0.2) is 46.0 Å². The molecule has 0 saturated carbocycles. The first-order valence-electron chi connectivity index (χ1n) is 10.5. The lowest BCUT2D eigenvalue weighted by atomic mass is 10.1. The molecule has 3 heterocycles. The molecular formula is C22H25N5O3S2. The fourth-order valence-corrected chi connectivity index (χ4v) is 5.27. The molecule has 1 aliphatic heterocycles. The van der Waals surface area contributed by atoms with Crippen molar-refractivity contribution < 1.29 is 14.3 Å². The number of urea groups is 1. The van der Waals surface area contributed by atoms with E-state index < -0.39 is 17.2 Å². The normalized spacial score (nSPS) is 16.6. The molecule has 0 aliphatic carbocycles. The number of nitrogens with zero attached hydrogens (tertiary/aromatic N) is 3. The predicted octanol–water partition coefficient (Wildman–Crippen LogP) is 3.86. The highest BCUT2D eigenvalue weighted by molar-refractivity contribution is 8.00. The molecule has 3 aromatic rings. The minimum Gasteiger partial charge on any atom is -0.376 e. The van der Waals surface area contributed by atoms with Crippen molar-refractivity contribution in [3.63, 3.8) is 0 Å². The molecule has 2 N–H and O–H groups in total. The molecule has 8 nitrogen and oxygen atoms in total. The van der Waals surface area contributed by atoms with Gasteiger partial charge in [-0.05, 0) is 36.8 Å². The standard InChI is InChI=1S/C22H25N5O3S2/c1-2-23-21(29)24-20(28)18(15-8-4-3-5-9-15)32-22-26-25-19(17-11-7-13-31-17)27(22)14-16-10-6-12-30-16/h3-5,7-9,11,13,16,18H,2,6,10,12,14H2,1H3,(H2,23,24,28,29)/t16-,18+/m0/s1. The highest BCUT2D eigenvalue weighted by Crippen LogP contribution is 2.37. The lowest BCUT2D eigenvalue weighted by molar-refractivity contribution is -0.119. The maximum Gasteiger partial charge on any atom is 0.321 e. The van der Waals surface area contributed by atoms with Crippen LogP contribution in [0.5, 0.6) is 0 Å². The molecule has 1 saturated heterocycles. The number of thioether (sulfide) groups is 1. The number of imide groups is 1. The molecule has 4 rings (SSSR count). The SMILES string of the molecule is CCNC(=O)NC(=O)[C@H](Sc1nnc(-c2cccs2)n1C[C@@H]1CCCO1)c1ccccc1. The fourth-order valence-electron chi connectivity index (χ4n) is 3.51. The molecule has 32 heavy (non-hydrogen) atoms. The van der Waals surface area contributed by atoms with Crippen LogP contribution in [-0.2, 0) is 16.1 Å². The summed E-state index contributed by atoms with van der Waals surface area (Å²) in [4.78, 5) is 26.1. The van der Waals surface area contributed by atoms with Crippen molar-refractivity contribution in [1.82, 2.24) is 25.4 Å². The summed E-state index contributed by atoms with van der Waals surface area (Å²) < 4.78 is 7.89. The van der Waals surface area contributed by atoms with E-state index in [4.69, 9.17) is 4.74 Å².